The highest BCUT2D eigenvalue weighted by Crippen LogP contribution is 2.36. The van der Waals surface area contributed by atoms with Crippen LogP contribution >= 0.6 is 0 Å². The molecule has 6 bridgehead atoms. The number of alkyl carbamates (subject to hydrolysis) is 1. The molecule has 3 aromatic heterocycles. The Morgan fingerprint density at radius 2 is 1.94 bits per heavy atom. The van der Waals surface area contributed by atoms with Crippen molar-refractivity contribution in [3.63, 3.8) is 0 Å². The van der Waals surface area contributed by atoms with Gasteiger partial charge in [0.1, 0.15) is 17.6 Å². The van der Waals surface area contributed by atoms with Crippen LogP contribution in [0.5, 0.6) is 0 Å². The Bertz CT molecular complexity index is 1230. The van der Waals surface area contributed by atoms with E-state index < -0.39 is 18.0 Å². The van der Waals surface area contributed by atoms with E-state index in [-0.39, 0.29) is 18.6 Å². The van der Waals surface area contributed by atoms with E-state index in [9.17, 15) is 18.0 Å². The third-order valence-electron chi connectivity index (χ3n) is 6.20. The molecule has 9 nitrogen and oxygen atoms in total. The van der Waals surface area contributed by atoms with Gasteiger partial charge in [-0.2, -0.15) is 18.3 Å². The number of hydrogen-bond acceptors (Lipinski definition) is 7. The number of carbonyl (C=O) groups is 1. The highest BCUT2D eigenvalue weighted by Gasteiger charge is 2.33. The zero-order chi connectivity index (χ0) is 25.1. The predicted molar refractivity (Wildman–Crippen MR) is 123 cm³/mol. The van der Waals surface area contributed by atoms with Crippen LogP contribution in [0.1, 0.15) is 48.7 Å². The second-order valence-electron chi connectivity index (χ2n) is 8.86. The summed E-state index contributed by atoms with van der Waals surface area (Å²) in [7, 11) is 0. The van der Waals surface area contributed by atoms with Gasteiger partial charge in [0.25, 0.3) is 0 Å². The van der Waals surface area contributed by atoms with Gasteiger partial charge in [0.2, 0.25) is 0 Å². The molecule has 5 rings (SSSR count). The predicted octanol–water partition coefficient (Wildman–Crippen LogP) is 4.91. The maximum atomic E-state index is 13.2. The third-order valence-corrected chi connectivity index (χ3v) is 6.20. The summed E-state index contributed by atoms with van der Waals surface area (Å²) in [6.45, 7) is 0.896. The topological polar surface area (TPSA) is 114 Å². The number of rotatable bonds is 1. The average Bonchev–Trinajstić information content (AvgIpc) is 3.50. The van der Waals surface area contributed by atoms with E-state index in [0.29, 0.717) is 54.4 Å². The molecule has 4 heterocycles. The summed E-state index contributed by atoms with van der Waals surface area (Å²) in [4.78, 5) is 20.1. The lowest BCUT2D eigenvalue weighted by molar-refractivity contribution is -0.141. The zero-order valence-corrected chi connectivity index (χ0v) is 19.3. The van der Waals surface area contributed by atoms with Gasteiger partial charge in [-0.15, -0.1) is 0 Å². The molecule has 2 atom stereocenters. The lowest BCUT2D eigenvalue weighted by Crippen LogP contribution is -2.29. The minimum absolute atomic E-state index is 0.139. The molecule has 0 radical (unpaired) electrons. The van der Waals surface area contributed by atoms with Gasteiger partial charge in [0.15, 0.2) is 5.82 Å². The van der Waals surface area contributed by atoms with Crippen molar-refractivity contribution in [2.45, 2.75) is 50.5 Å². The van der Waals surface area contributed by atoms with Crippen molar-refractivity contribution in [3.8, 4) is 11.1 Å². The number of hydrogen-bond donors (Lipinski definition) is 3. The van der Waals surface area contributed by atoms with Gasteiger partial charge in [-0.05, 0) is 61.1 Å². The standard InChI is InChI=1S/C24H25F3N6O3/c25-24(26,27)20-10-14(4-6-28-20)16-8-17-13-35-7-1-5-29-23(34)36-18-3-2-15(9-18)19-12-22(33-32-19)31-21(11-16)30-17/h4,6,8,10-12,15,18H,1-3,5,7,9,13H2,(H,29,34)(H2,30,31,32,33)/t15-,18+/m0/s1. The largest absolute Gasteiger partial charge is 0.446 e. The molecule has 0 unspecified atom stereocenters. The molecule has 36 heavy (non-hydrogen) atoms. The van der Waals surface area contributed by atoms with Gasteiger partial charge in [-0.3, -0.25) is 10.1 Å². The molecule has 2 aliphatic rings. The fourth-order valence-electron chi connectivity index (χ4n) is 4.46. The zero-order valence-electron chi connectivity index (χ0n) is 19.3. The number of carbonyl (C=O) groups excluding carboxylic acids is 1. The first-order valence-electron chi connectivity index (χ1n) is 11.7. The second kappa shape index (κ2) is 10.1. The number of nitrogens with zero attached hydrogens (tertiary/aromatic N) is 3. The van der Waals surface area contributed by atoms with Crippen molar-refractivity contribution >= 4 is 17.7 Å². The van der Waals surface area contributed by atoms with Gasteiger partial charge in [-0.1, -0.05) is 0 Å². The molecule has 1 fully saturated rings. The van der Waals surface area contributed by atoms with Crippen molar-refractivity contribution in [1.29, 1.82) is 0 Å². The number of pyridine rings is 2. The Hall–Kier alpha value is -3.67. The molecule has 0 aromatic carbocycles. The van der Waals surface area contributed by atoms with Gasteiger partial charge in [0, 0.05) is 37.0 Å². The highest BCUT2D eigenvalue weighted by atomic mass is 19.4. The van der Waals surface area contributed by atoms with E-state index in [1.165, 1.54) is 6.07 Å². The van der Waals surface area contributed by atoms with E-state index in [1.807, 2.05) is 6.07 Å². The van der Waals surface area contributed by atoms with Crippen LogP contribution in [0.3, 0.4) is 0 Å². The quantitative estimate of drug-likeness (QED) is 0.433. The van der Waals surface area contributed by atoms with Gasteiger partial charge < -0.3 is 20.1 Å². The first-order chi connectivity index (χ1) is 17.3. The summed E-state index contributed by atoms with van der Waals surface area (Å²) in [6.07, 6.45) is -1.13. The lowest BCUT2D eigenvalue weighted by Gasteiger charge is -2.14. The minimum atomic E-state index is -4.55. The summed E-state index contributed by atoms with van der Waals surface area (Å²) in [6, 6.07) is 7.75. The molecule has 190 valence electrons. The fourth-order valence-corrected chi connectivity index (χ4v) is 4.46. The van der Waals surface area contributed by atoms with Crippen molar-refractivity contribution in [3.05, 3.63) is 53.6 Å². The molecule has 0 saturated heterocycles. The maximum Gasteiger partial charge on any atom is 0.433 e. The van der Waals surface area contributed by atoms with E-state index in [2.05, 4.69) is 30.8 Å². The van der Waals surface area contributed by atoms with Gasteiger partial charge in [-0.25, -0.2) is 9.78 Å². The number of aromatic amines is 1. The van der Waals surface area contributed by atoms with Crippen LogP contribution in [0.15, 0.2) is 36.5 Å². The molecular formula is C24H25F3N6O3. The number of H-pyrrole nitrogens is 1. The number of aromatic nitrogens is 4. The lowest BCUT2D eigenvalue weighted by atomic mass is 10.0. The third kappa shape index (κ3) is 5.76. The number of alkyl halides is 3. The normalized spacial score (nSPS) is 21.0. The van der Waals surface area contributed by atoms with Crippen LogP contribution in [-0.4, -0.2) is 45.5 Å². The van der Waals surface area contributed by atoms with Crippen molar-refractivity contribution in [2.75, 3.05) is 18.5 Å². The SMILES string of the molecule is O=C1NCCCOCc2cc(-c3ccnc(C(F)(F)F)c3)cc(n2)Nc2cc([nH]n2)[C@H]2CC[C@H](C2)O1. The number of anilines is 2. The Kier molecular flexibility index (Phi) is 6.77. The summed E-state index contributed by atoms with van der Waals surface area (Å²) < 4.78 is 50.9. The molecule has 3 N–H and O–H groups in total. The summed E-state index contributed by atoms with van der Waals surface area (Å²) >= 11 is 0. The van der Waals surface area contributed by atoms with E-state index in [1.54, 1.807) is 12.1 Å². The summed E-state index contributed by atoms with van der Waals surface area (Å²) in [5.74, 6) is 1.12. The molecule has 1 amide bonds. The number of ether oxygens (including phenoxy) is 2. The van der Waals surface area contributed by atoms with E-state index in [0.717, 1.165) is 30.8 Å². The monoisotopic (exact) mass is 502 g/mol. The Balaban J connectivity index is 1.45. The maximum absolute atomic E-state index is 13.2. The molecule has 3 aromatic rings. The number of halogens is 3. The molecule has 12 heteroatoms. The van der Waals surface area contributed by atoms with Gasteiger partial charge >= 0.3 is 12.3 Å². The molecular weight excluding hydrogens is 477 g/mol. The molecule has 0 spiro atoms. The van der Waals surface area contributed by atoms with Crippen molar-refractivity contribution in [1.82, 2.24) is 25.5 Å². The summed E-state index contributed by atoms with van der Waals surface area (Å²) in [5.41, 5.74) is 1.36. The van der Waals surface area contributed by atoms with Crippen LogP contribution in [0.4, 0.5) is 29.6 Å². The smallest absolute Gasteiger partial charge is 0.433 e. The highest BCUT2D eigenvalue weighted by molar-refractivity contribution is 5.69. The van der Waals surface area contributed by atoms with Gasteiger partial charge in [0.05, 0.1) is 12.3 Å². The van der Waals surface area contributed by atoms with Crippen LogP contribution in [-0.2, 0) is 22.3 Å². The molecule has 1 saturated carbocycles. The minimum Gasteiger partial charge on any atom is -0.446 e. The number of nitrogens with one attached hydrogen (secondary N) is 3. The Labute approximate surface area is 204 Å². The van der Waals surface area contributed by atoms with Crippen molar-refractivity contribution in [2.24, 2.45) is 0 Å². The Morgan fingerprint density at radius 3 is 2.81 bits per heavy atom. The first-order valence-corrected chi connectivity index (χ1v) is 11.7. The number of amides is 1. The first kappa shape index (κ1) is 24.0. The molecule has 1 aliphatic carbocycles. The van der Waals surface area contributed by atoms with Crippen LogP contribution in [0.2, 0.25) is 0 Å². The van der Waals surface area contributed by atoms with E-state index in [4.69, 9.17) is 9.47 Å². The van der Waals surface area contributed by atoms with Crippen molar-refractivity contribution < 1.29 is 27.4 Å². The molecule has 1 aliphatic heterocycles. The van der Waals surface area contributed by atoms with Crippen LogP contribution in [0.25, 0.3) is 11.1 Å². The fraction of sp³-hybridized carbons (Fsp3) is 0.417. The number of fused-ring (bicyclic) bond motifs is 7. The average molecular weight is 502 g/mol. The summed E-state index contributed by atoms with van der Waals surface area (Å²) in [5, 5.41) is 13.2. The Morgan fingerprint density at radius 1 is 1.06 bits per heavy atom. The second-order valence-corrected chi connectivity index (χ2v) is 8.86. The van der Waals surface area contributed by atoms with Crippen LogP contribution < -0.4 is 10.6 Å². The van der Waals surface area contributed by atoms with E-state index >= 15 is 0 Å². The van der Waals surface area contributed by atoms with Crippen LogP contribution in [0, 0.1) is 0 Å².